The van der Waals surface area contributed by atoms with Gasteiger partial charge in [0.2, 0.25) is 16.0 Å². The molecule has 0 amide bonds. The summed E-state index contributed by atoms with van der Waals surface area (Å²) in [5.41, 5.74) is 0.151. The van der Waals surface area contributed by atoms with Crippen molar-refractivity contribution in [2.24, 2.45) is 0 Å². The molecule has 2 aromatic carbocycles. The van der Waals surface area contributed by atoms with Gasteiger partial charge in [-0.1, -0.05) is 18.2 Å². The molecule has 2 heterocycles. The summed E-state index contributed by atoms with van der Waals surface area (Å²) in [4.78, 5) is 31.5. The predicted molar refractivity (Wildman–Crippen MR) is 132 cm³/mol. The lowest BCUT2D eigenvalue weighted by Crippen LogP contribution is -2.49. The van der Waals surface area contributed by atoms with E-state index in [-0.39, 0.29) is 31.7 Å². The molecule has 1 aliphatic rings. The molecule has 13 nitrogen and oxygen atoms in total. The van der Waals surface area contributed by atoms with Crippen LogP contribution in [0.5, 0.6) is 0 Å². The minimum Gasteiger partial charge on any atom is -0.340 e. The van der Waals surface area contributed by atoms with Gasteiger partial charge in [0.05, 0.1) is 14.7 Å². The molecule has 4 rings (SSSR count). The van der Waals surface area contributed by atoms with Gasteiger partial charge in [0.15, 0.2) is 0 Å². The van der Waals surface area contributed by atoms with Crippen LogP contribution in [0.2, 0.25) is 0 Å². The van der Waals surface area contributed by atoms with E-state index in [0.717, 1.165) is 27.8 Å². The molecule has 36 heavy (non-hydrogen) atoms. The molecular weight excluding hydrogens is 490 g/mol. The normalized spacial score (nSPS) is 14.4. The van der Waals surface area contributed by atoms with Crippen molar-refractivity contribution in [2.75, 3.05) is 36.4 Å². The number of nitro benzene ring substituents is 2. The third kappa shape index (κ3) is 5.08. The van der Waals surface area contributed by atoms with Crippen LogP contribution < -0.4 is 10.2 Å². The number of aromatic nitrogens is 2. The van der Waals surface area contributed by atoms with Crippen LogP contribution in [-0.4, -0.2) is 58.7 Å². The van der Waals surface area contributed by atoms with E-state index >= 15 is 0 Å². The van der Waals surface area contributed by atoms with E-state index < -0.39 is 36.1 Å². The van der Waals surface area contributed by atoms with Crippen molar-refractivity contribution in [3.8, 4) is 0 Å². The third-order valence-electron chi connectivity index (χ3n) is 5.77. The number of benzene rings is 2. The fourth-order valence-corrected chi connectivity index (χ4v) is 5.36. The summed E-state index contributed by atoms with van der Waals surface area (Å²) in [6, 6.07) is 13.0. The second-order valence-electron chi connectivity index (χ2n) is 8.18. The molecule has 0 radical (unpaired) electrons. The molecular formula is C22H23N7O6S. The van der Waals surface area contributed by atoms with Crippen molar-refractivity contribution in [2.45, 2.75) is 18.7 Å². The summed E-state index contributed by atoms with van der Waals surface area (Å²) in [5, 5.41) is 26.0. The first-order valence-corrected chi connectivity index (χ1v) is 12.4. The van der Waals surface area contributed by atoms with Crippen LogP contribution in [-0.2, 0) is 10.0 Å². The van der Waals surface area contributed by atoms with E-state index in [0.29, 0.717) is 11.8 Å². The molecule has 1 aliphatic heterocycles. The molecule has 14 heteroatoms. The number of aryl methyl sites for hydroxylation is 1. The molecule has 0 bridgehead atoms. The zero-order chi connectivity index (χ0) is 26.0. The zero-order valence-corrected chi connectivity index (χ0v) is 20.3. The van der Waals surface area contributed by atoms with Gasteiger partial charge in [-0.2, -0.15) is 9.29 Å². The minimum absolute atomic E-state index is 0.0521. The Bertz CT molecular complexity index is 1390. The Kier molecular flexibility index (Phi) is 6.81. The van der Waals surface area contributed by atoms with Crippen LogP contribution in [0.3, 0.4) is 0 Å². The SMILES string of the molecule is Cc1cc(Nc2ccccc2)nc(N2CCN(S(=O)(=O)c3cc([N+](=O)[O-])c(C)c([N+](=O)[O-])c3)CC2)n1. The topological polar surface area (TPSA) is 165 Å². The van der Waals surface area contributed by atoms with Gasteiger partial charge in [0.1, 0.15) is 11.4 Å². The maximum Gasteiger partial charge on any atom is 0.280 e. The number of para-hydroxylation sites is 1. The van der Waals surface area contributed by atoms with Crippen LogP contribution in [0.4, 0.5) is 28.8 Å². The molecule has 3 aromatic rings. The summed E-state index contributed by atoms with van der Waals surface area (Å²) in [5.74, 6) is 1.03. The van der Waals surface area contributed by atoms with Crippen LogP contribution in [0.1, 0.15) is 11.3 Å². The lowest BCUT2D eigenvalue weighted by molar-refractivity contribution is -0.395. The fraction of sp³-hybridized carbons (Fsp3) is 0.273. The minimum atomic E-state index is -4.21. The van der Waals surface area contributed by atoms with Gasteiger partial charge in [-0.3, -0.25) is 20.2 Å². The van der Waals surface area contributed by atoms with Gasteiger partial charge >= 0.3 is 0 Å². The van der Waals surface area contributed by atoms with E-state index in [1.807, 2.05) is 42.2 Å². The number of nitro groups is 2. The molecule has 1 aromatic heterocycles. The number of sulfonamides is 1. The zero-order valence-electron chi connectivity index (χ0n) is 19.5. The quantitative estimate of drug-likeness (QED) is 0.366. The lowest BCUT2D eigenvalue weighted by atomic mass is 10.1. The second kappa shape index (κ2) is 9.83. The van der Waals surface area contributed by atoms with Gasteiger partial charge in [-0.25, -0.2) is 13.4 Å². The first-order chi connectivity index (χ1) is 17.1. The maximum absolute atomic E-state index is 13.2. The van der Waals surface area contributed by atoms with Crippen molar-refractivity contribution in [3.63, 3.8) is 0 Å². The predicted octanol–water partition coefficient (Wildman–Crippen LogP) is 3.16. The number of hydrogen-bond donors (Lipinski definition) is 1. The summed E-state index contributed by atoms with van der Waals surface area (Å²) >= 11 is 0. The van der Waals surface area contributed by atoms with Crippen LogP contribution in [0.15, 0.2) is 53.4 Å². The molecule has 188 valence electrons. The molecule has 0 unspecified atom stereocenters. The highest BCUT2D eigenvalue weighted by atomic mass is 32.2. The van der Waals surface area contributed by atoms with E-state index in [1.54, 1.807) is 6.07 Å². The maximum atomic E-state index is 13.2. The van der Waals surface area contributed by atoms with Crippen LogP contribution >= 0.6 is 0 Å². The number of rotatable bonds is 7. The fourth-order valence-electron chi connectivity index (χ4n) is 3.89. The van der Waals surface area contributed by atoms with E-state index in [1.165, 1.54) is 6.92 Å². The van der Waals surface area contributed by atoms with E-state index in [2.05, 4.69) is 15.3 Å². The Morgan fingerprint density at radius 1 is 0.889 bits per heavy atom. The first kappa shape index (κ1) is 24.9. The summed E-state index contributed by atoms with van der Waals surface area (Å²) in [6.07, 6.45) is 0. The average Bonchev–Trinajstić information content (AvgIpc) is 2.84. The average molecular weight is 514 g/mol. The van der Waals surface area contributed by atoms with Crippen molar-refractivity contribution in [3.05, 3.63) is 80.0 Å². The third-order valence-corrected chi connectivity index (χ3v) is 7.64. The molecule has 0 saturated carbocycles. The van der Waals surface area contributed by atoms with Crippen molar-refractivity contribution < 1.29 is 18.3 Å². The number of hydrogen-bond acceptors (Lipinski definition) is 10. The van der Waals surface area contributed by atoms with Crippen LogP contribution in [0, 0.1) is 34.1 Å². The second-order valence-corrected chi connectivity index (χ2v) is 10.1. The number of nitrogens with zero attached hydrogens (tertiary/aromatic N) is 6. The molecule has 0 aliphatic carbocycles. The summed E-state index contributed by atoms with van der Waals surface area (Å²) < 4.78 is 27.6. The van der Waals surface area contributed by atoms with E-state index in [9.17, 15) is 28.6 Å². The van der Waals surface area contributed by atoms with Crippen molar-refractivity contribution >= 4 is 38.9 Å². The number of anilines is 3. The molecule has 0 spiro atoms. The standard InChI is InChI=1S/C22H23N7O6S/c1-15-12-21(24-17-6-4-3-5-7-17)25-22(23-15)26-8-10-27(11-9-26)36(34,35)18-13-19(28(30)31)16(2)20(14-18)29(32)33/h3-7,12-14H,8-11H2,1-2H3,(H,23,24,25). The van der Waals surface area contributed by atoms with Gasteiger partial charge in [0.25, 0.3) is 11.4 Å². The van der Waals surface area contributed by atoms with Gasteiger partial charge in [-0.05, 0) is 26.0 Å². The number of nitrogens with one attached hydrogen (secondary N) is 1. The largest absolute Gasteiger partial charge is 0.340 e. The number of piperazine rings is 1. The Labute approximate surface area is 206 Å². The Balaban J connectivity index is 1.54. The highest BCUT2D eigenvalue weighted by Crippen LogP contribution is 2.33. The Hall–Kier alpha value is -4.17. The van der Waals surface area contributed by atoms with Gasteiger partial charge in [0, 0.05) is 55.8 Å². The van der Waals surface area contributed by atoms with Crippen LogP contribution in [0.25, 0.3) is 0 Å². The Morgan fingerprint density at radius 3 is 2.03 bits per heavy atom. The molecule has 0 atom stereocenters. The Morgan fingerprint density at radius 2 is 1.47 bits per heavy atom. The van der Waals surface area contributed by atoms with E-state index in [4.69, 9.17) is 0 Å². The molecule has 1 N–H and O–H groups in total. The highest BCUT2D eigenvalue weighted by Gasteiger charge is 2.34. The molecule has 1 saturated heterocycles. The monoisotopic (exact) mass is 513 g/mol. The summed E-state index contributed by atoms with van der Waals surface area (Å²) in [6.45, 7) is 3.69. The smallest absolute Gasteiger partial charge is 0.280 e. The highest BCUT2D eigenvalue weighted by molar-refractivity contribution is 7.89. The lowest BCUT2D eigenvalue weighted by Gasteiger charge is -2.34. The summed E-state index contributed by atoms with van der Waals surface area (Å²) in [7, 11) is -4.21. The molecule has 1 fully saturated rings. The first-order valence-electron chi connectivity index (χ1n) is 10.9. The van der Waals surface area contributed by atoms with Gasteiger partial charge in [-0.15, -0.1) is 0 Å². The van der Waals surface area contributed by atoms with Crippen molar-refractivity contribution in [1.82, 2.24) is 14.3 Å². The van der Waals surface area contributed by atoms with Crippen molar-refractivity contribution in [1.29, 1.82) is 0 Å². The van der Waals surface area contributed by atoms with Gasteiger partial charge < -0.3 is 10.2 Å².